The summed E-state index contributed by atoms with van der Waals surface area (Å²) in [7, 11) is 1.75. The van der Waals surface area contributed by atoms with Crippen molar-refractivity contribution in [2.45, 2.75) is 6.10 Å². The minimum absolute atomic E-state index is 0.0517. The molecule has 144 valence electrons. The summed E-state index contributed by atoms with van der Waals surface area (Å²) >= 11 is 6.05. The van der Waals surface area contributed by atoms with Gasteiger partial charge in [0.2, 0.25) is 0 Å². The van der Waals surface area contributed by atoms with Crippen LogP contribution in [0, 0.1) is 0 Å². The fourth-order valence-electron chi connectivity index (χ4n) is 3.22. The number of benzene rings is 2. The second kappa shape index (κ2) is 8.14. The molecule has 1 saturated heterocycles. The van der Waals surface area contributed by atoms with Gasteiger partial charge < -0.3 is 15.4 Å². The Kier molecular flexibility index (Phi) is 5.43. The minimum atomic E-state index is -0.216. The van der Waals surface area contributed by atoms with Gasteiger partial charge in [0.05, 0.1) is 18.4 Å². The Hall–Kier alpha value is -2.67. The number of morpholine rings is 1. The van der Waals surface area contributed by atoms with Crippen molar-refractivity contribution < 1.29 is 9.53 Å². The van der Waals surface area contributed by atoms with Crippen LogP contribution in [0.25, 0.3) is 11.3 Å². The number of halogens is 1. The summed E-state index contributed by atoms with van der Waals surface area (Å²) in [4.78, 5) is 12.7. The fraction of sp³-hybridized carbons (Fsp3) is 0.238. The first-order valence-corrected chi connectivity index (χ1v) is 9.51. The van der Waals surface area contributed by atoms with Crippen molar-refractivity contribution in [3.8, 4) is 11.3 Å². The van der Waals surface area contributed by atoms with E-state index in [1.165, 1.54) is 0 Å². The average molecular weight is 397 g/mol. The van der Waals surface area contributed by atoms with Crippen molar-refractivity contribution in [2.75, 3.05) is 25.0 Å². The SMILES string of the molecule is Cn1nc(-c2cccc(Cl)c2)cc1C(=O)Nc1ccc(C2CNCCO2)cc1. The summed E-state index contributed by atoms with van der Waals surface area (Å²) in [5, 5.41) is 11.3. The van der Waals surface area contributed by atoms with Gasteiger partial charge in [0.25, 0.3) is 5.91 Å². The first-order valence-electron chi connectivity index (χ1n) is 9.14. The zero-order chi connectivity index (χ0) is 19.5. The standard InChI is InChI=1S/C21H21ClN4O2/c1-26-19(12-18(25-26)15-3-2-4-16(22)11-15)21(27)24-17-7-5-14(6-8-17)20-13-23-9-10-28-20/h2-8,11-12,20,23H,9-10,13H2,1H3,(H,24,27). The van der Waals surface area contributed by atoms with Crippen LogP contribution in [0.3, 0.4) is 0 Å². The van der Waals surface area contributed by atoms with Crippen LogP contribution in [0.2, 0.25) is 5.02 Å². The second-order valence-corrected chi connectivity index (χ2v) is 7.12. The normalized spacial score (nSPS) is 16.7. The maximum atomic E-state index is 12.7. The number of carbonyl (C=O) groups excluding carboxylic acids is 1. The first kappa shape index (κ1) is 18.7. The van der Waals surface area contributed by atoms with Gasteiger partial charge in [0.1, 0.15) is 5.69 Å². The van der Waals surface area contributed by atoms with Crippen molar-refractivity contribution >= 4 is 23.2 Å². The number of amides is 1. The third-order valence-electron chi connectivity index (χ3n) is 4.70. The van der Waals surface area contributed by atoms with Gasteiger partial charge in [-0.05, 0) is 35.9 Å². The minimum Gasteiger partial charge on any atom is -0.371 e. The Labute approximate surface area is 168 Å². The van der Waals surface area contributed by atoms with Crippen molar-refractivity contribution in [1.82, 2.24) is 15.1 Å². The number of anilines is 1. The van der Waals surface area contributed by atoms with Gasteiger partial charge in [-0.15, -0.1) is 0 Å². The van der Waals surface area contributed by atoms with E-state index in [0.29, 0.717) is 23.0 Å². The van der Waals surface area contributed by atoms with E-state index in [9.17, 15) is 4.79 Å². The molecule has 0 saturated carbocycles. The van der Waals surface area contributed by atoms with E-state index in [2.05, 4.69) is 15.7 Å². The number of nitrogens with one attached hydrogen (secondary N) is 2. The van der Waals surface area contributed by atoms with E-state index >= 15 is 0 Å². The molecule has 4 rings (SSSR count). The molecule has 0 aliphatic carbocycles. The van der Waals surface area contributed by atoms with Gasteiger partial charge >= 0.3 is 0 Å². The predicted octanol–water partition coefficient (Wildman–Crippen LogP) is 3.65. The monoisotopic (exact) mass is 396 g/mol. The van der Waals surface area contributed by atoms with E-state index in [1.807, 2.05) is 42.5 Å². The molecule has 1 amide bonds. The number of hydrogen-bond acceptors (Lipinski definition) is 4. The molecule has 0 radical (unpaired) electrons. The number of ether oxygens (including phenoxy) is 1. The van der Waals surface area contributed by atoms with E-state index in [4.69, 9.17) is 16.3 Å². The molecule has 28 heavy (non-hydrogen) atoms. The van der Waals surface area contributed by atoms with Gasteiger partial charge in [0.15, 0.2) is 0 Å². The molecule has 0 bridgehead atoms. The lowest BCUT2D eigenvalue weighted by Gasteiger charge is -2.24. The van der Waals surface area contributed by atoms with Gasteiger partial charge in [0, 0.05) is 36.4 Å². The van der Waals surface area contributed by atoms with Crippen LogP contribution in [0.1, 0.15) is 22.2 Å². The third kappa shape index (κ3) is 4.09. The maximum absolute atomic E-state index is 12.7. The number of carbonyl (C=O) groups is 1. The quantitative estimate of drug-likeness (QED) is 0.706. The lowest BCUT2D eigenvalue weighted by Crippen LogP contribution is -2.33. The Bertz CT molecular complexity index is 978. The lowest BCUT2D eigenvalue weighted by molar-refractivity contribution is 0.0277. The van der Waals surface area contributed by atoms with Crippen molar-refractivity contribution in [3.63, 3.8) is 0 Å². The van der Waals surface area contributed by atoms with Gasteiger partial charge in [-0.25, -0.2) is 0 Å². The fourth-order valence-corrected chi connectivity index (χ4v) is 3.41. The Morgan fingerprint density at radius 2 is 2.07 bits per heavy atom. The molecule has 2 aromatic carbocycles. The molecule has 7 heteroatoms. The molecular weight excluding hydrogens is 376 g/mol. The lowest BCUT2D eigenvalue weighted by atomic mass is 10.1. The molecule has 1 aliphatic rings. The summed E-state index contributed by atoms with van der Waals surface area (Å²) in [5.74, 6) is -0.216. The smallest absolute Gasteiger partial charge is 0.273 e. The van der Waals surface area contributed by atoms with Gasteiger partial charge in [-0.3, -0.25) is 9.48 Å². The Morgan fingerprint density at radius 1 is 1.25 bits per heavy atom. The second-order valence-electron chi connectivity index (χ2n) is 6.69. The number of rotatable bonds is 4. The highest BCUT2D eigenvalue weighted by Crippen LogP contribution is 2.24. The molecule has 1 aromatic heterocycles. The molecule has 3 aromatic rings. The summed E-state index contributed by atoms with van der Waals surface area (Å²) in [6, 6.07) is 16.9. The highest BCUT2D eigenvalue weighted by atomic mass is 35.5. The highest BCUT2D eigenvalue weighted by molar-refractivity contribution is 6.30. The molecule has 2 N–H and O–H groups in total. The van der Waals surface area contributed by atoms with Crippen molar-refractivity contribution in [1.29, 1.82) is 0 Å². The molecule has 1 atom stereocenters. The number of aryl methyl sites for hydroxylation is 1. The summed E-state index contributed by atoms with van der Waals surface area (Å²) < 4.78 is 7.32. The van der Waals surface area contributed by atoms with Crippen LogP contribution in [-0.4, -0.2) is 35.4 Å². The molecule has 1 fully saturated rings. The zero-order valence-electron chi connectivity index (χ0n) is 15.5. The summed E-state index contributed by atoms with van der Waals surface area (Å²) in [6.45, 7) is 2.39. The molecule has 1 unspecified atom stereocenters. The van der Waals surface area contributed by atoms with Crippen LogP contribution in [0.15, 0.2) is 54.6 Å². The van der Waals surface area contributed by atoms with Crippen LogP contribution in [0.5, 0.6) is 0 Å². The van der Waals surface area contributed by atoms with E-state index in [1.54, 1.807) is 23.9 Å². The first-order chi connectivity index (χ1) is 13.6. The van der Waals surface area contributed by atoms with Gasteiger partial charge in [-0.1, -0.05) is 35.9 Å². The van der Waals surface area contributed by atoms with E-state index in [-0.39, 0.29) is 12.0 Å². The van der Waals surface area contributed by atoms with E-state index in [0.717, 1.165) is 29.9 Å². The molecule has 6 nitrogen and oxygen atoms in total. The van der Waals surface area contributed by atoms with Crippen LogP contribution in [-0.2, 0) is 11.8 Å². The predicted molar refractivity (Wildman–Crippen MR) is 110 cm³/mol. The number of nitrogens with zero attached hydrogens (tertiary/aromatic N) is 2. The van der Waals surface area contributed by atoms with Crippen molar-refractivity contribution in [3.05, 3.63) is 70.9 Å². The van der Waals surface area contributed by atoms with E-state index < -0.39 is 0 Å². The van der Waals surface area contributed by atoms with Crippen LogP contribution in [0.4, 0.5) is 5.69 Å². The average Bonchev–Trinajstić information content (AvgIpc) is 3.11. The Morgan fingerprint density at radius 3 is 2.79 bits per heavy atom. The number of aromatic nitrogens is 2. The highest BCUT2D eigenvalue weighted by Gasteiger charge is 2.17. The largest absolute Gasteiger partial charge is 0.371 e. The van der Waals surface area contributed by atoms with Crippen LogP contribution < -0.4 is 10.6 Å². The van der Waals surface area contributed by atoms with Crippen molar-refractivity contribution in [2.24, 2.45) is 7.05 Å². The number of hydrogen-bond donors (Lipinski definition) is 2. The maximum Gasteiger partial charge on any atom is 0.273 e. The Balaban J connectivity index is 1.48. The summed E-state index contributed by atoms with van der Waals surface area (Å²) in [6.07, 6.45) is 0.0517. The third-order valence-corrected chi connectivity index (χ3v) is 4.94. The molecule has 2 heterocycles. The molecule has 0 spiro atoms. The summed E-state index contributed by atoms with van der Waals surface area (Å²) in [5.41, 5.74) is 3.86. The zero-order valence-corrected chi connectivity index (χ0v) is 16.2. The topological polar surface area (TPSA) is 68.2 Å². The molecule has 1 aliphatic heterocycles. The molecular formula is C21H21ClN4O2. The van der Waals surface area contributed by atoms with Gasteiger partial charge in [-0.2, -0.15) is 5.10 Å². The van der Waals surface area contributed by atoms with Crippen LogP contribution >= 0.6 is 11.6 Å².